The summed E-state index contributed by atoms with van der Waals surface area (Å²) in [6, 6.07) is 24.2. The summed E-state index contributed by atoms with van der Waals surface area (Å²) in [5.41, 5.74) is 5.03. The van der Waals surface area contributed by atoms with Crippen molar-refractivity contribution in [2.75, 3.05) is 26.2 Å². The maximum Gasteiger partial charge on any atom is 0.0593 e. The van der Waals surface area contributed by atoms with Gasteiger partial charge < -0.3 is 5.11 Å². The molecule has 0 saturated carbocycles. The molecule has 3 heterocycles. The molecule has 0 radical (unpaired) electrons. The van der Waals surface area contributed by atoms with Gasteiger partial charge in [0.05, 0.1) is 6.61 Å². The number of aliphatic hydroxyl groups excluding tert-OH is 1. The molecule has 4 nitrogen and oxygen atoms in total. The van der Waals surface area contributed by atoms with Crippen molar-refractivity contribution < 1.29 is 5.11 Å². The van der Waals surface area contributed by atoms with Gasteiger partial charge in [0.15, 0.2) is 0 Å². The van der Waals surface area contributed by atoms with Crippen LogP contribution in [0.1, 0.15) is 41.0 Å². The number of rotatable bonds is 6. The first-order chi connectivity index (χ1) is 16.3. The molecular formula is C29H33N3O. The predicted molar refractivity (Wildman–Crippen MR) is 135 cm³/mol. The van der Waals surface area contributed by atoms with Crippen LogP contribution in [0.4, 0.5) is 0 Å². The van der Waals surface area contributed by atoms with Crippen LogP contribution in [0, 0.1) is 0 Å². The van der Waals surface area contributed by atoms with Crippen LogP contribution in [-0.4, -0.2) is 58.2 Å². The average Bonchev–Trinajstić information content (AvgIpc) is 2.85. The van der Waals surface area contributed by atoms with Crippen LogP contribution in [-0.2, 0) is 6.54 Å². The Bertz CT molecular complexity index is 1040. The summed E-state index contributed by atoms with van der Waals surface area (Å²) in [7, 11) is 0. The first-order valence-corrected chi connectivity index (χ1v) is 12.1. The molecule has 1 aromatic heterocycles. The van der Waals surface area contributed by atoms with E-state index in [0.29, 0.717) is 12.0 Å². The molecule has 3 atom stereocenters. The largest absolute Gasteiger partial charge is 0.395 e. The number of hydrogen-bond acceptors (Lipinski definition) is 4. The van der Waals surface area contributed by atoms with Crippen molar-refractivity contribution in [2.45, 2.75) is 37.4 Å². The predicted octanol–water partition coefficient (Wildman–Crippen LogP) is 4.68. The van der Waals surface area contributed by atoms with Crippen LogP contribution in [0.15, 0.2) is 79.1 Å². The highest BCUT2D eigenvalue weighted by atomic mass is 16.3. The van der Waals surface area contributed by atoms with Gasteiger partial charge in [0.1, 0.15) is 0 Å². The fraction of sp³-hybridized carbons (Fsp3) is 0.345. The molecule has 0 spiro atoms. The van der Waals surface area contributed by atoms with Gasteiger partial charge in [-0.25, -0.2) is 0 Å². The molecule has 2 aliphatic heterocycles. The minimum atomic E-state index is 0.221. The third-order valence-electron chi connectivity index (χ3n) is 7.17. The quantitative estimate of drug-likeness (QED) is 0.566. The van der Waals surface area contributed by atoms with E-state index in [-0.39, 0.29) is 12.6 Å². The highest BCUT2D eigenvalue weighted by molar-refractivity contribution is 5.69. The zero-order valence-electron chi connectivity index (χ0n) is 19.1. The Morgan fingerprint density at radius 2 is 1.64 bits per heavy atom. The van der Waals surface area contributed by atoms with Crippen molar-refractivity contribution in [2.24, 2.45) is 0 Å². The van der Waals surface area contributed by atoms with Crippen LogP contribution < -0.4 is 0 Å². The molecule has 2 saturated heterocycles. The molecule has 3 aromatic rings. The number of fused-ring (bicyclic) bond motifs is 1. The molecule has 5 rings (SSSR count). The molecule has 0 amide bonds. The fourth-order valence-electron chi connectivity index (χ4n) is 5.49. The smallest absolute Gasteiger partial charge is 0.0593 e. The van der Waals surface area contributed by atoms with Crippen molar-refractivity contribution in [3.05, 3.63) is 101 Å². The molecule has 0 bridgehead atoms. The molecule has 0 aliphatic carbocycles. The van der Waals surface area contributed by atoms with Gasteiger partial charge in [0, 0.05) is 43.5 Å². The number of hydrogen-bond donors (Lipinski definition) is 1. The first kappa shape index (κ1) is 22.0. The van der Waals surface area contributed by atoms with Gasteiger partial charge in [-0.3, -0.25) is 14.8 Å². The average molecular weight is 440 g/mol. The third-order valence-corrected chi connectivity index (χ3v) is 7.17. The van der Waals surface area contributed by atoms with Crippen molar-refractivity contribution in [1.29, 1.82) is 0 Å². The summed E-state index contributed by atoms with van der Waals surface area (Å²) >= 11 is 0. The summed E-state index contributed by atoms with van der Waals surface area (Å²) in [5, 5.41) is 10.2. The van der Waals surface area contributed by atoms with E-state index in [1.54, 1.807) is 0 Å². The summed E-state index contributed by atoms with van der Waals surface area (Å²) in [5.74, 6) is 0.372. The lowest BCUT2D eigenvalue weighted by atomic mass is 9.74. The second-order valence-corrected chi connectivity index (χ2v) is 9.30. The maximum absolute atomic E-state index is 10.2. The van der Waals surface area contributed by atoms with Gasteiger partial charge >= 0.3 is 0 Å². The van der Waals surface area contributed by atoms with Crippen molar-refractivity contribution in [3.63, 3.8) is 0 Å². The monoisotopic (exact) mass is 439 g/mol. The van der Waals surface area contributed by atoms with E-state index < -0.39 is 0 Å². The van der Waals surface area contributed by atoms with Crippen LogP contribution in [0.3, 0.4) is 0 Å². The van der Waals surface area contributed by atoms with Crippen LogP contribution in [0.5, 0.6) is 0 Å². The Balaban J connectivity index is 1.31. The molecule has 2 aliphatic rings. The normalized spacial score (nSPS) is 24.1. The van der Waals surface area contributed by atoms with E-state index in [1.165, 1.54) is 35.1 Å². The van der Waals surface area contributed by atoms with Crippen molar-refractivity contribution in [1.82, 2.24) is 14.8 Å². The van der Waals surface area contributed by atoms with Gasteiger partial charge in [0.2, 0.25) is 0 Å². The van der Waals surface area contributed by atoms with E-state index in [1.807, 2.05) is 24.5 Å². The standard InChI is InChI=1S/C29H33N3O/c33-22-28-29(26-14-12-24(13-15-26)11-10-23-7-2-1-3-8-23)27-21-31(17-4-5-18-32(27)28)20-25-9-6-16-30-19-25/h1-3,6-16,19,27-29,33H,4-5,17-18,20-22H2/b11-10+/t27-,28+,29-/m0/s1. The molecule has 0 unspecified atom stereocenters. The van der Waals surface area contributed by atoms with Crippen LogP contribution in [0.25, 0.3) is 12.2 Å². The van der Waals surface area contributed by atoms with E-state index >= 15 is 0 Å². The fourth-order valence-corrected chi connectivity index (χ4v) is 5.49. The molecule has 4 heteroatoms. The zero-order valence-corrected chi connectivity index (χ0v) is 19.1. The lowest BCUT2D eigenvalue weighted by Gasteiger charge is -2.57. The minimum absolute atomic E-state index is 0.221. The zero-order chi connectivity index (χ0) is 22.5. The van der Waals surface area contributed by atoms with Crippen LogP contribution >= 0.6 is 0 Å². The van der Waals surface area contributed by atoms with Gasteiger partial charge in [-0.2, -0.15) is 0 Å². The second-order valence-electron chi connectivity index (χ2n) is 9.30. The van der Waals surface area contributed by atoms with Crippen LogP contribution in [0.2, 0.25) is 0 Å². The Kier molecular flexibility index (Phi) is 6.96. The Morgan fingerprint density at radius 1 is 0.879 bits per heavy atom. The van der Waals surface area contributed by atoms with E-state index in [0.717, 1.165) is 26.2 Å². The molecule has 2 aromatic carbocycles. The SMILES string of the molecule is OC[C@@H]1[C@@H](c2ccc(/C=C/c3ccccc3)cc2)[C@@H]2CN(Cc3cccnc3)CCCCN12. The number of benzene rings is 2. The lowest BCUT2D eigenvalue weighted by molar-refractivity contribution is -0.0655. The molecular weight excluding hydrogens is 406 g/mol. The summed E-state index contributed by atoms with van der Waals surface area (Å²) in [4.78, 5) is 9.41. The molecule has 2 fully saturated rings. The van der Waals surface area contributed by atoms with Gasteiger partial charge in [-0.15, -0.1) is 0 Å². The minimum Gasteiger partial charge on any atom is -0.395 e. The number of aliphatic hydroxyl groups is 1. The van der Waals surface area contributed by atoms with Gasteiger partial charge in [0.25, 0.3) is 0 Å². The van der Waals surface area contributed by atoms with Gasteiger partial charge in [-0.1, -0.05) is 72.8 Å². The van der Waals surface area contributed by atoms with Gasteiger partial charge in [-0.05, 0) is 54.3 Å². The van der Waals surface area contributed by atoms with Crippen molar-refractivity contribution >= 4 is 12.2 Å². The van der Waals surface area contributed by atoms with E-state index in [2.05, 4.69) is 81.5 Å². The summed E-state index contributed by atoms with van der Waals surface area (Å²) < 4.78 is 0. The van der Waals surface area contributed by atoms with E-state index in [9.17, 15) is 5.11 Å². The first-order valence-electron chi connectivity index (χ1n) is 12.1. The second kappa shape index (κ2) is 10.4. The Hall–Kier alpha value is -2.79. The third kappa shape index (κ3) is 5.09. The Morgan fingerprint density at radius 3 is 2.36 bits per heavy atom. The summed E-state index contributed by atoms with van der Waals surface area (Å²) in [6.07, 6.45) is 10.5. The van der Waals surface area contributed by atoms with Crippen molar-refractivity contribution in [3.8, 4) is 0 Å². The maximum atomic E-state index is 10.2. The number of nitrogens with zero attached hydrogens (tertiary/aromatic N) is 3. The summed E-state index contributed by atoms with van der Waals surface area (Å²) in [6.45, 7) is 4.41. The Labute approximate surface area is 197 Å². The molecule has 33 heavy (non-hydrogen) atoms. The number of pyridine rings is 1. The molecule has 1 N–H and O–H groups in total. The highest BCUT2D eigenvalue weighted by Crippen LogP contribution is 2.42. The van der Waals surface area contributed by atoms with E-state index in [4.69, 9.17) is 0 Å². The lowest BCUT2D eigenvalue weighted by Crippen LogP contribution is -2.67. The topological polar surface area (TPSA) is 39.6 Å². The highest BCUT2D eigenvalue weighted by Gasteiger charge is 2.48. The number of aromatic nitrogens is 1. The molecule has 170 valence electrons.